The number of carbonyl (C=O) groups is 2. The van der Waals surface area contributed by atoms with Crippen LogP contribution >= 0.6 is 0 Å². The summed E-state index contributed by atoms with van der Waals surface area (Å²) in [7, 11) is 1.87. The number of likely N-dealkylation sites (tertiary alicyclic amines) is 1. The lowest BCUT2D eigenvalue weighted by atomic mass is 9.91. The molecule has 4 saturated heterocycles. The Morgan fingerprint density at radius 2 is 1.66 bits per heavy atom. The normalized spacial score (nSPS) is 22.9. The van der Waals surface area contributed by atoms with Crippen molar-refractivity contribution in [2.75, 3.05) is 81.9 Å². The van der Waals surface area contributed by atoms with Crippen LogP contribution in [0.15, 0.2) is 48.7 Å². The zero-order valence-electron chi connectivity index (χ0n) is 40.6. The molecule has 1 unspecified atom stereocenters. The van der Waals surface area contributed by atoms with Gasteiger partial charge in [0.05, 0.1) is 34.7 Å². The molecule has 5 aliphatic rings. The SMILES string of the molecule is CCc1c(F)ccc2cc(O)cc(-c3ncc4c(N5CCC[C@@](C)(O)C5)nc(OCC5(CN6CCC(F)(CN7CCN(c8ccc9c(C%10CCC(=O)NC%10=O)nn(C)c9c8)CC7)CC6)CC5)nc4c3F)c12. The minimum Gasteiger partial charge on any atom is -0.508 e. The van der Waals surface area contributed by atoms with Gasteiger partial charge in [-0.3, -0.25) is 29.5 Å². The summed E-state index contributed by atoms with van der Waals surface area (Å²) in [5.41, 5.74) is 0.725. The van der Waals surface area contributed by atoms with Crippen molar-refractivity contribution < 1.29 is 37.7 Å². The number of fused-ring (bicyclic) bond motifs is 3. The fourth-order valence-corrected chi connectivity index (χ4v) is 11.7. The molecular formula is C53H61F3N10O5. The number of piperazine rings is 1. The van der Waals surface area contributed by atoms with Crippen LogP contribution < -0.4 is 19.9 Å². The molecular weight excluding hydrogens is 914 g/mol. The number of ether oxygens (including phenoxy) is 1. The van der Waals surface area contributed by atoms with Gasteiger partial charge in [-0.2, -0.15) is 15.1 Å². The quantitative estimate of drug-likeness (QED) is 0.108. The van der Waals surface area contributed by atoms with Crippen LogP contribution in [0.25, 0.3) is 43.8 Å². The minimum atomic E-state index is -1.30. The number of rotatable bonds is 12. The Labute approximate surface area is 410 Å². The lowest BCUT2D eigenvalue weighted by molar-refractivity contribution is -0.134. The standard InChI is InChI=1S/C53H61F3N10O5/c1-4-35-40(54)10-6-32-24-34(67)26-38(43(32)35)46-44(55)47-39(27-57-46)48(66-17-5-12-51(2,70)28-66)60-50(59-47)71-31-52(13-14-52)29-63-18-15-53(56,16-19-63)30-64-20-22-65(23-21-64)33-7-8-36-41(25-33)62(3)61-45(36)37-9-11-42(68)58-49(37)69/h6-8,10,24-27,37,67,70H,4-5,9,11-23,28-31H2,1-3H3,(H,58,68,69)/t37?,51-/m1/s1. The van der Waals surface area contributed by atoms with Gasteiger partial charge < -0.3 is 29.6 Å². The van der Waals surface area contributed by atoms with Crippen molar-refractivity contribution in [2.24, 2.45) is 12.5 Å². The van der Waals surface area contributed by atoms with E-state index in [9.17, 15) is 19.8 Å². The number of pyridine rings is 1. The molecule has 18 heteroatoms. The second-order valence-corrected chi connectivity index (χ2v) is 21.2. The number of nitrogens with one attached hydrogen (secondary N) is 1. The highest BCUT2D eigenvalue weighted by Crippen LogP contribution is 2.48. The molecule has 6 aromatic rings. The number of amides is 2. The Morgan fingerprint density at radius 3 is 2.39 bits per heavy atom. The lowest BCUT2D eigenvalue weighted by Gasteiger charge is -2.43. The molecule has 71 heavy (non-hydrogen) atoms. The average molecular weight is 975 g/mol. The predicted molar refractivity (Wildman–Crippen MR) is 264 cm³/mol. The van der Waals surface area contributed by atoms with Gasteiger partial charge in [0, 0.05) is 107 Å². The van der Waals surface area contributed by atoms with Crippen molar-refractivity contribution >= 4 is 55.9 Å². The molecule has 11 rings (SSSR count). The highest BCUT2D eigenvalue weighted by Gasteiger charge is 2.47. The third-order valence-electron chi connectivity index (χ3n) is 15.8. The number of aromatic nitrogens is 5. The van der Waals surface area contributed by atoms with E-state index in [4.69, 9.17) is 14.8 Å². The van der Waals surface area contributed by atoms with Crippen LogP contribution in [0.5, 0.6) is 11.8 Å². The van der Waals surface area contributed by atoms with Gasteiger partial charge in [0.1, 0.15) is 34.3 Å². The molecule has 0 bridgehead atoms. The van der Waals surface area contributed by atoms with Crippen molar-refractivity contribution in [1.82, 2.24) is 39.8 Å². The predicted octanol–water partition coefficient (Wildman–Crippen LogP) is 6.93. The number of carbonyl (C=O) groups excluding carboxylic acids is 2. The number of nitrogens with zero attached hydrogens (tertiary/aromatic N) is 9. The fraction of sp³-hybridized carbons (Fsp3) is 0.509. The smallest absolute Gasteiger partial charge is 0.319 e. The fourth-order valence-electron chi connectivity index (χ4n) is 11.7. The zero-order chi connectivity index (χ0) is 49.4. The Hall–Kier alpha value is -6.11. The zero-order valence-corrected chi connectivity index (χ0v) is 40.6. The van der Waals surface area contributed by atoms with Crippen molar-refractivity contribution in [3.63, 3.8) is 0 Å². The number of aliphatic hydroxyl groups is 1. The number of piperidine rings is 3. The maximum absolute atomic E-state index is 17.1. The summed E-state index contributed by atoms with van der Waals surface area (Å²) in [6, 6.07) is 12.0. The topological polar surface area (TPSA) is 165 Å². The molecule has 5 fully saturated rings. The van der Waals surface area contributed by atoms with Crippen molar-refractivity contribution in [2.45, 2.75) is 88.8 Å². The number of phenols is 1. The number of aryl methyl sites for hydroxylation is 2. The first-order valence-electron chi connectivity index (χ1n) is 25.2. The third-order valence-corrected chi connectivity index (χ3v) is 15.8. The average Bonchev–Trinajstić information content (AvgIpc) is 4.04. The van der Waals surface area contributed by atoms with E-state index in [1.807, 2.05) is 24.9 Å². The van der Waals surface area contributed by atoms with E-state index in [0.717, 1.165) is 62.2 Å². The first kappa shape index (κ1) is 47.2. The number of anilines is 2. The minimum absolute atomic E-state index is 0.000870. The van der Waals surface area contributed by atoms with Gasteiger partial charge in [-0.05, 0) is 111 Å². The van der Waals surface area contributed by atoms with E-state index in [1.54, 1.807) is 17.7 Å². The molecule has 0 radical (unpaired) electrons. The Bertz CT molecular complexity index is 3070. The molecule has 1 aliphatic carbocycles. The van der Waals surface area contributed by atoms with Crippen molar-refractivity contribution in [1.29, 1.82) is 0 Å². The van der Waals surface area contributed by atoms with Crippen LogP contribution in [0.2, 0.25) is 0 Å². The molecule has 7 heterocycles. The number of aromatic hydroxyl groups is 1. The van der Waals surface area contributed by atoms with Crippen LogP contribution in [0.4, 0.5) is 24.7 Å². The van der Waals surface area contributed by atoms with E-state index in [-0.39, 0.29) is 52.3 Å². The number of β-amino-alcohol motifs (C(OH)–C–C–N with tert-alkyl or cyclic N) is 1. The molecule has 3 aromatic heterocycles. The summed E-state index contributed by atoms with van der Waals surface area (Å²) in [5.74, 6) is -1.90. The van der Waals surface area contributed by atoms with E-state index >= 15 is 13.2 Å². The van der Waals surface area contributed by atoms with Crippen LogP contribution in [0, 0.1) is 17.0 Å². The van der Waals surface area contributed by atoms with E-state index in [1.165, 1.54) is 24.4 Å². The third kappa shape index (κ3) is 9.22. The maximum Gasteiger partial charge on any atom is 0.319 e. The molecule has 0 spiro atoms. The largest absolute Gasteiger partial charge is 0.508 e. The number of hydrogen-bond donors (Lipinski definition) is 3. The molecule has 1 saturated carbocycles. The summed E-state index contributed by atoms with van der Waals surface area (Å²) in [6.45, 7) is 10.1. The van der Waals surface area contributed by atoms with Crippen molar-refractivity contribution in [3.05, 3.63) is 71.6 Å². The number of hydrogen-bond acceptors (Lipinski definition) is 13. The molecule has 374 valence electrons. The highest BCUT2D eigenvalue weighted by atomic mass is 19.1. The van der Waals surface area contributed by atoms with Crippen LogP contribution in [0.3, 0.4) is 0 Å². The maximum atomic E-state index is 17.1. The van der Waals surface area contributed by atoms with E-state index in [0.29, 0.717) is 111 Å². The summed E-state index contributed by atoms with van der Waals surface area (Å²) in [4.78, 5) is 47.3. The summed E-state index contributed by atoms with van der Waals surface area (Å²) in [5, 5.41) is 31.2. The van der Waals surface area contributed by atoms with Crippen LogP contribution in [-0.2, 0) is 23.1 Å². The molecule has 4 aliphatic heterocycles. The number of phenolic OH excluding ortho intramolecular Hbond substituents is 1. The number of benzene rings is 3. The first-order chi connectivity index (χ1) is 34.1. The van der Waals surface area contributed by atoms with Crippen molar-refractivity contribution in [3.8, 4) is 23.0 Å². The van der Waals surface area contributed by atoms with Gasteiger partial charge >= 0.3 is 6.01 Å². The number of imide groups is 1. The number of alkyl halides is 1. The van der Waals surface area contributed by atoms with Crippen LogP contribution in [-0.4, -0.2) is 140 Å². The van der Waals surface area contributed by atoms with Gasteiger partial charge in [0.25, 0.3) is 0 Å². The molecule has 3 N–H and O–H groups in total. The molecule has 15 nitrogen and oxygen atoms in total. The second kappa shape index (κ2) is 18.2. The summed E-state index contributed by atoms with van der Waals surface area (Å²) in [6.07, 6.45) is 6.60. The molecule has 2 atom stereocenters. The van der Waals surface area contributed by atoms with E-state index < -0.39 is 28.8 Å². The van der Waals surface area contributed by atoms with Gasteiger partial charge in [0.15, 0.2) is 5.82 Å². The van der Waals surface area contributed by atoms with Gasteiger partial charge in [-0.15, -0.1) is 0 Å². The van der Waals surface area contributed by atoms with Gasteiger partial charge in [-0.1, -0.05) is 13.0 Å². The lowest BCUT2D eigenvalue weighted by Crippen LogP contribution is -2.54. The highest BCUT2D eigenvalue weighted by molar-refractivity contribution is 6.03. The number of halogens is 3. The monoisotopic (exact) mass is 974 g/mol. The van der Waals surface area contributed by atoms with Gasteiger partial charge in [-0.25, -0.2) is 13.2 Å². The van der Waals surface area contributed by atoms with Gasteiger partial charge in [0.2, 0.25) is 11.8 Å². The van der Waals surface area contributed by atoms with Crippen LogP contribution in [0.1, 0.15) is 82.4 Å². The first-order valence-corrected chi connectivity index (χ1v) is 25.2. The summed E-state index contributed by atoms with van der Waals surface area (Å²) < 4.78 is 57.1. The molecule has 2 amide bonds. The Balaban J connectivity index is 0.743. The summed E-state index contributed by atoms with van der Waals surface area (Å²) >= 11 is 0. The Morgan fingerprint density at radius 1 is 0.887 bits per heavy atom. The van der Waals surface area contributed by atoms with E-state index in [2.05, 4.69) is 42.1 Å². The molecule has 3 aromatic carbocycles. The second-order valence-electron chi connectivity index (χ2n) is 21.2. The Kier molecular flexibility index (Phi) is 12.1.